The topological polar surface area (TPSA) is 536 Å². The Morgan fingerprint density at radius 2 is 0.545 bits per heavy atom. The summed E-state index contributed by atoms with van der Waals surface area (Å²) in [6, 6.07) is 0. The van der Waals surface area contributed by atoms with Crippen molar-refractivity contribution < 1.29 is 146 Å². The van der Waals surface area contributed by atoms with Crippen LogP contribution in [0.5, 0.6) is 0 Å². The first-order valence-corrected chi connectivity index (χ1v) is 19.7. The van der Waals surface area contributed by atoms with Crippen LogP contribution in [-0.2, 0) is 33.2 Å². The van der Waals surface area contributed by atoms with E-state index in [2.05, 4.69) is 0 Å². The second-order valence-corrected chi connectivity index (χ2v) is 13.7. The molecule has 386 valence electrons. The Hall–Kier alpha value is -4.10. The van der Waals surface area contributed by atoms with Gasteiger partial charge in [-0.05, 0) is 13.0 Å². The van der Waals surface area contributed by atoms with Crippen LogP contribution in [0.3, 0.4) is 0 Å². The smallest absolute Gasteiger partial charge is 0.218 e. The molecule has 0 aromatic rings. The molecule has 1 heterocycles. The van der Waals surface area contributed by atoms with Crippen LogP contribution in [0.4, 0.5) is 0 Å². The van der Waals surface area contributed by atoms with Crippen LogP contribution in [0.1, 0.15) is 32.1 Å². The number of hydrogen-bond acceptors (Lipinski definition) is 30. The van der Waals surface area contributed by atoms with E-state index in [0.29, 0.717) is 0 Å². The summed E-state index contributed by atoms with van der Waals surface area (Å²) in [6.45, 7) is -7.56. The van der Waals surface area contributed by atoms with Gasteiger partial charge in [-0.1, -0.05) is 0 Å². The Morgan fingerprint density at radius 1 is 0.303 bits per heavy atom. The Bertz CT molecular complexity index is 1590. The molecule has 0 aromatic heterocycles. The maximum Gasteiger partial charge on any atom is 0.218 e. The average molecular weight is 974 g/mol. The molecule has 0 spiro atoms. The van der Waals surface area contributed by atoms with Crippen molar-refractivity contribution in [2.75, 3.05) is 52.8 Å². The molecule has 66 heavy (non-hydrogen) atoms. The van der Waals surface area contributed by atoms with Crippen LogP contribution < -0.4 is 5.73 Å². The summed E-state index contributed by atoms with van der Waals surface area (Å²) < 4.78 is 36.0. The van der Waals surface area contributed by atoms with Crippen LogP contribution in [0.25, 0.3) is 0 Å². The molecule has 30 nitrogen and oxygen atoms in total. The van der Waals surface area contributed by atoms with Crippen molar-refractivity contribution in [1.29, 1.82) is 0 Å². The van der Waals surface area contributed by atoms with E-state index in [9.17, 15) is 112 Å². The molecule has 0 saturated heterocycles. The van der Waals surface area contributed by atoms with Crippen LogP contribution in [0, 0.1) is 0 Å². The van der Waals surface area contributed by atoms with E-state index in [4.69, 9.17) is 38.9 Å². The summed E-state index contributed by atoms with van der Waals surface area (Å²) in [5, 5.41) is 228. The molecule has 1 rings (SSSR count). The van der Waals surface area contributed by atoms with Crippen molar-refractivity contribution in [3.05, 3.63) is 57.6 Å². The number of nitrogens with two attached hydrogens (primary N) is 1. The zero-order chi connectivity index (χ0) is 50.4. The minimum atomic E-state index is -2.78. The van der Waals surface area contributed by atoms with Gasteiger partial charge in [-0.2, -0.15) is 0 Å². The first kappa shape index (κ1) is 59.9. The molecule has 1 aliphatic heterocycles. The molecular weight excluding hydrogens is 910 g/mol. The molecular formula is C36H63NO29. The van der Waals surface area contributed by atoms with Gasteiger partial charge in [-0.15, -0.1) is 0 Å². The van der Waals surface area contributed by atoms with Gasteiger partial charge in [0.2, 0.25) is 31.5 Å². The number of aliphatic hydroxyl groups excluding tert-OH is 22. The minimum absolute atomic E-state index is 0.424. The fraction of sp³-hybridized carbons (Fsp3) is 0.722. The summed E-state index contributed by atoms with van der Waals surface area (Å²) in [5.74, 6) is -15.0. The van der Waals surface area contributed by atoms with Gasteiger partial charge >= 0.3 is 0 Å². The minimum Gasteiger partial charge on any atom is -0.506 e. The van der Waals surface area contributed by atoms with E-state index in [1.165, 1.54) is 0 Å². The first-order valence-electron chi connectivity index (χ1n) is 19.7. The molecule has 13 unspecified atom stereocenters. The lowest BCUT2D eigenvalue weighted by molar-refractivity contribution is -0.254. The van der Waals surface area contributed by atoms with Crippen LogP contribution >= 0.6 is 0 Å². The largest absolute Gasteiger partial charge is 0.506 e. The number of aliphatic hydroxyl groups is 22. The normalized spacial score (nSPS) is 38.0. The van der Waals surface area contributed by atoms with Gasteiger partial charge in [0.1, 0.15) is 42.7 Å². The van der Waals surface area contributed by atoms with E-state index in [1.54, 1.807) is 0 Å². The van der Waals surface area contributed by atoms with Crippen LogP contribution in [0.15, 0.2) is 57.6 Å². The summed E-state index contributed by atoms with van der Waals surface area (Å²) in [6.07, 6.45) is -33.4. The number of rotatable bonds is 13. The maximum absolute atomic E-state index is 10.8. The van der Waals surface area contributed by atoms with Crippen molar-refractivity contribution in [1.82, 2.24) is 0 Å². The molecule has 0 saturated carbocycles. The summed E-state index contributed by atoms with van der Waals surface area (Å²) in [4.78, 5) is 0. The highest BCUT2D eigenvalue weighted by Crippen LogP contribution is 2.27. The van der Waals surface area contributed by atoms with Crippen LogP contribution in [0.2, 0.25) is 0 Å². The van der Waals surface area contributed by atoms with E-state index in [0.717, 1.165) is 0 Å². The summed E-state index contributed by atoms with van der Waals surface area (Å²) >= 11 is 0. The van der Waals surface area contributed by atoms with E-state index in [1.807, 2.05) is 0 Å². The van der Waals surface area contributed by atoms with E-state index < -0.39 is 223 Å². The van der Waals surface area contributed by atoms with Gasteiger partial charge in [0.25, 0.3) is 0 Å². The average Bonchev–Trinajstić information content (AvgIpc) is 3.30. The first-order chi connectivity index (χ1) is 31.1. The summed E-state index contributed by atoms with van der Waals surface area (Å²) in [7, 11) is 0. The third-order valence-corrected chi connectivity index (χ3v) is 9.04. The predicted molar refractivity (Wildman–Crippen MR) is 211 cm³/mol. The Balaban J connectivity index is 4.06. The second-order valence-electron chi connectivity index (χ2n) is 13.7. The molecule has 24 N–H and O–H groups in total. The zero-order valence-corrected chi connectivity index (χ0v) is 35.0. The number of ether oxygens (including phenoxy) is 7. The molecule has 0 amide bonds. The van der Waals surface area contributed by atoms with Gasteiger partial charge in [0.05, 0.1) is 19.8 Å². The lowest BCUT2D eigenvalue weighted by Gasteiger charge is -2.31. The molecule has 0 radical (unpaired) electrons. The van der Waals surface area contributed by atoms with Crippen molar-refractivity contribution >= 4 is 0 Å². The van der Waals surface area contributed by atoms with E-state index >= 15 is 0 Å². The standard InChI is InChI=1S/C36H63NO29/c37-6-1-14-22(45)27(50)36(59)66-20(12-43)19(11-42)61-21(13-44)60-15(2-7-38)23(46)28(51)33(56)63-17(4-9-40)25(48)30(53)35(58)65-18(5-10-41)26(49)31(54)34(57)64-16(3-8-39)24(47)29(52)32(55)62-14/h14-21,32-36,38-59H,1-13,37H2/b27-22+,28-23-,29-24-,30-25+,31-26-. The van der Waals surface area contributed by atoms with Gasteiger partial charge in [0.15, 0.2) is 63.9 Å². The lowest BCUT2D eigenvalue weighted by atomic mass is 10.1. The monoisotopic (exact) mass is 973 g/mol. The van der Waals surface area contributed by atoms with Gasteiger partial charge in [-0.3, -0.25) is 0 Å². The van der Waals surface area contributed by atoms with Crippen molar-refractivity contribution in [2.24, 2.45) is 5.73 Å². The zero-order valence-electron chi connectivity index (χ0n) is 35.0. The molecule has 0 aromatic carbocycles. The SMILES string of the molecule is NCCC1OC(O)/C(O)=C(/O)C(CCO)OC(O)/C(O)=C(/O)C(CCO)OC(O)/C(O)=C(\O)C(CCO)OC(O)/C(O)=C(/O)C(CCO)OC(CO)OC(CO)C(CO)OC(O)/C(O)=C/1O. The highest BCUT2D eigenvalue weighted by Gasteiger charge is 2.37. The van der Waals surface area contributed by atoms with Gasteiger partial charge < -0.3 is 151 Å². The predicted octanol–water partition coefficient (Wildman–Crippen LogP) is -4.89. The van der Waals surface area contributed by atoms with E-state index in [-0.39, 0.29) is 0 Å². The molecule has 1 aliphatic rings. The van der Waals surface area contributed by atoms with Crippen molar-refractivity contribution in [3.8, 4) is 0 Å². The molecule has 0 fully saturated rings. The third kappa shape index (κ3) is 17.5. The van der Waals surface area contributed by atoms with Crippen molar-refractivity contribution in [3.63, 3.8) is 0 Å². The molecule has 0 bridgehead atoms. The fourth-order valence-electron chi connectivity index (χ4n) is 5.53. The fourth-order valence-corrected chi connectivity index (χ4v) is 5.53. The Morgan fingerprint density at radius 3 is 0.788 bits per heavy atom. The Labute approximate surface area is 374 Å². The van der Waals surface area contributed by atoms with Crippen LogP contribution in [-0.4, -0.2) is 246 Å². The number of hydrogen-bond donors (Lipinski definition) is 23. The highest BCUT2D eigenvalue weighted by atomic mass is 16.7. The lowest BCUT2D eigenvalue weighted by Crippen LogP contribution is -2.45. The highest BCUT2D eigenvalue weighted by molar-refractivity contribution is 5.14. The molecule has 0 aliphatic carbocycles. The van der Waals surface area contributed by atoms with Gasteiger partial charge in [0, 0.05) is 52.1 Å². The maximum atomic E-state index is 10.8. The second kappa shape index (κ2) is 30.3. The third-order valence-electron chi connectivity index (χ3n) is 9.04. The summed E-state index contributed by atoms with van der Waals surface area (Å²) in [5.41, 5.74) is 5.52. The Kier molecular flexibility index (Phi) is 27.5. The quantitative estimate of drug-likeness (QED) is 0.0822. The molecule has 30 heteroatoms. The van der Waals surface area contributed by atoms with Crippen molar-refractivity contribution in [2.45, 2.75) is 113 Å². The van der Waals surface area contributed by atoms with Gasteiger partial charge in [-0.25, -0.2) is 0 Å². The molecule has 13 atom stereocenters.